The van der Waals surface area contributed by atoms with Crippen LogP contribution in [0.5, 0.6) is 5.75 Å². The Kier molecular flexibility index (Phi) is 7.03. The van der Waals surface area contributed by atoms with Gasteiger partial charge in [-0.1, -0.05) is 12.1 Å². The minimum Gasteiger partial charge on any atom is -0.493 e. The van der Waals surface area contributed by atoms with Crippen molar-refractivity contribution in [1.29, 1.82) is 0 Å². The smallest absolute Gasteiger partial charge is 0.306 e. The number of carbonyl (C=O) groups is 2. The Morgan fingerprint density at radius 3 is 2.68 bits per heavy atom. The zero-order valence-electron chi connectivity index (χ0n) is 11.2. The summed E-state index contributed by atoms with van der Waals surface area (Å²) in [5, 5.41) is 0. The Balaban J connectivity index is 2.47. The fourth-order valence-electron chi connectivity index (χ4n) is 1.48. The minimum absolute atomic E-state index is 0.0129. The van der Waals surface area contributed by atoms with E-state index in [1.54, 1.807) is 12.1 Å². The summed E-state index contributed by atoms with van der Waals surface area (Å²) in [6, 6.07) is 7.20. The number of hydrogen-bond acceptors (Lipinski definition) is 5. The minimum atomic E-state index is -0.255. The van der Waals surface area contributed by atoms with Crippen molar-refractivity contribution >= 4 is 23.5 Å². The summed E-state index contributed by atoms with van der Waals surface area (Å²) in [5.41, 5.74) is 0.593. The highest BCUT2D eigenvalue weighted by molar-refractivity contribution is 8.00. The van der Waals surface area contributed by atoms with Gasteiger partial charge in [0.1, 0.15) is 5.75 Å². The summed E-state index contributed by atoms with van der Waals surface area (Å²) in [6.45, 7) is 2.41. The van der Waals surface area contributed by atoms with E-state index in [9.17, 15) is 9.59 Å². The van der Waals surface area contributed by atoms with E-state index in [0.717, 1.165) is 0 Å². The molecule has 0 unspecified atom stereocenters. The van der Waals surface area contributed by atoms with Crippen LogP contribution >= 0.6 is 11.8 Å². The molecule has 1 rings (SSSR count). The van der Waals surface area contributed by atoms with Crippen molar-refractivity contribution in [2.24, 2.45) is 0 Å². The van der Waals surface area contributed by atoms with E-state index in [4.69, 9.17) is 4.74 Å². The van der Waals surface area contributed by atoms with E-state index in [2.05, 4.69) is 4.74 Å². The maximum Gasteiger partial charge on any atom is 0.306 e. The number of ether oxygens (including phenoxy) is 2. The van der Waals surface area contributed by atoms with Crippen molar-refractivity contribution in [1.82, 2.24) is 0 Å². The van der Waals surface area contributed by atoms with Crippen LogP contribution in [0.3, 0.4) is 0 Å². The quantitative estimate of drug-likeness (QED) is 0.417. The number of Topliss-reactive ketones (excluding diaryl/α,β-unsaturated/α-hetero) is 1. The molecule has 0 heterocycles. The highest BCUT2D eigenvalue weighted by atomic mass is 32.2. The van der Waals surface area contributed by atoms with Crippen LogP contribution in [-0.4, -0.2) is 37.0 Å². The Morgan fingerprint density at radius 2 is 2.00 bits per heavy atom. The third kappa shape index (κ3) is 5.34. The van der Waals surface area contributed by atoms with Crippen LogP contribution in [-0.2, 0) is 9.53 Å². The van der Waals surface area contributed by atoms with E-state index in [-0.39, 0.29) is 11.8 Å². The Bertz CT molecular complexity index is 431. The first-order valence-corrected chi connectivity index (χ1v) is 7.24. The lowest BCUT2D eigenvalue weighted by Gasteiger charge is -2.08. The second kappa shape index (κ2) is 8.58. The molecule has 1 aromatic rings. The van der Waals surface area contributed by atoms with Crippen LogP contribution in [0.25, 0.3) is 0 Å². The lowest BCUT2D eigenvalue weighted by molar-refractivity contribution is -0.140. The predicted octanol–water partition coefficient (Wildman–Crippen LogP) is 2.56. The number of esters is 1. The standard InChI is InChI=1S/C14H18O4S/c1-3-18-13-7-5-4-6-11(13)12(15)10-19-9-8-14(16)17-2/h4-7H,3,8-10H2,1-2H3. The van der Waals surface area contributed by atoms with Gasteiger partial charge in [0, 0.05) is 5.75 Å². The summed E-state index contributed by atoms with van der Waals surface area (Å²) in [4.78, 5) is 23.0. The molecule has 0 N–H and O–H groups in total. The second-order valence-corrected chi connectivity index (χ2v) is 4.84. The number of para-hydroxylation sites is 1. The Morgan fingerprint density at radius 1 is 1.26 bits per heavy atom. The first-order valence-electron chi connectivity index (χ1n) is 6.08. The van der Waals surface area contributed by atoms with Crippen molar-refractivity contribution in [2.75, 3.05) is 25.2 Å². The number of thioether (sulfide) groups is 1. The lowest BCUT2D eigenvalue weighted by atomic mass is 10.1. The zero-order valence-corrected chi connectivity index (χ0v) is 12.0. The first kappa shape index (κ1) is 15.6. The molecule has 0 atom stereocenters. The molecule has 0 aliphatic rings. The van der Waals surface area contributed by atoms with Crippen molar-refractivity contribution in [3.05, 3.63) is 29.8 Å². The van der Waals surface area contributed by atoms with E-state index in [1.165, 1.54) is 18.9 Å². The van der Waals surface area contributed by atoms with Crippen LogP contribution < -0.4 is 4.74 Å². The van der Waals surface area contributed by atoms with Gasteiger partial charge in [0.25, 0.3) is 0 Å². The van der Waals surface area contributed by atoms with Crippen LogP contribution in [0.1, 0.15) is 23.7 Å². The Labute approximate surface area is 117 Å². The normalized spacial score (nSPS) is 10.0. The molecule has 0 radical (unpaired) electrons. The lowest BCUT2D eigenvalue weighted by Crippen LogP contribution is -2.08. The van der Waals surface area contributed by atoms with Gasteiger partial charge in [0.2, 0.25) is 0 Å². The van der Waals surface area contributed by atoms with Gasteiger partial charge in [-0.3, -0.25) is 9.59 Å². The summed E-state index contributed by atoms with van der Waals surface area (Å²) in [7, 11) is 1.36. The molecule has 0 spiro atoms. The van der Waals surface area contributed by atoms with Crippen molar-refractivity contribution < 1.29 is 19.1 Å². The molecule has 0 saturated carbocycles. The molecule has 0 aromatic heterocycles. The molecule has 4 nitrogen and oxygen atoms in total. The van der Waals surface area contributed by atoms with Gasteiger partial charge in [-0.2, -0.15) is 11.8 Å². The van der Waals surface area contributed by atoms with Gasteiger partial charge >= 0.3 is 5.97 Å². The topological polar surface area (TPSA) is 52.6 Å². The number of methoxy groups -OCH3 is 1. The monoisotopic (exact) mass is 282 g/mol. The molecular formula is C14H18O4S. The van der Waals surface area contributed by atoms with Crippen molar-refractivity contribution in [2.45, 2.75) is 13.3 Å². The highest BCUT2D eigenvalue weighted by Gasteiger charge is 2.12. The number of hydrogen-bond donors (Lipinski definition) is 0. The molecule has 1 aromatic carbocycles. The van der Waals surface area contributed by atoms with E-state index >= 15 is 0 Å². The number of ketones is 1. The summed E-state index contributed by atoms with van der Waals surface area (Å²) in [6.07, 6.45) is 0.321. The van der Waals surface area contributed by atoms with Crippen LogP contribution in [0.4, 0.5) is 0 Å². The molecule has 104 valence electrons. The largest absolute Gasteiger partial charge is 0.493 e. The summed E-state index contributed by atoms with van der Waals surface area (Å²) >= 11 is 1.42. The fourth-order valence-corrected chi connectivity index (χ4v) is 2.27. The van der Waals surface area contributed by atoms with Crippen LogP contribution in [0.2, 0.25) is 0 Å². The van der Waals surface area contributed by atoms with Gasteiger partial charge in [0.05, 0.1) is 31.5 Å². The number of rotatable bonds is 8. The van der Waals surface area contributed by atoms with Gasteiger partial charge in [-0.05, 0) is 19.1 Å². The summed E-state index contributed by atoms with van der Waals surface area (Å²) in [5.74, 6) is 1.29. The molecular weight excluding hydrogens is 264 g/mol. The van der Waals surface area contributed by atoms with E-state index < -0.39 is 0 Å². The van der Waals surface area contributed by atoms with Crippen molar-refractivity contribution in [3.63, 3.8) is 0 Å². The number of carbonyl (C=O) groups excluding carboxylic acids is 2. The molecule has 0 saturated heterocycles. The highest BCUT2D eigenvalue weighted by Crippen LogP contribution is 2.20. The molecule has 0 fully saturated rings. The average Bonchev–Trinajstić information content (AvgIpc) is 2.44. The molecule has 0 bridgehead atoms. The third-order valence-corrected chi connectivity index (χ3v) is 3.36. The fraction of sp³-hybridized carbons (Fsp3) is 0.429. The Hall–Kier alpha value is -1.49. The third-order valence-electron chi connectivity index (χ3n) is 2.40. The average molecular weight is 282 g/mol. The van der Waals surface area contributed by atoms with Gasteiger partial charge in [-0.15, -0.1) is 0 Å². The molecule has 19 heavy (non-hydrogen) atoms. The zero-order chi connectivity index (χ0) is 14.1. The van der Waals surface area contributed by atoms with Crippen LogP contribution in [0, 0.1) is 0 Å². The number of benzene rings is 1. The maximum absolute atomic E-state index is 12.0. The molecule has 0 amide bonds. The van der Waals surface area contributed by atoms with E-state index in [1.807, 2.05) is 19.1 Å². The second-order valence-electron chi connectivity index (χ2n) is 3.73. The molecule has 0 aliphatic carbocycles. The van der Waals surface area contributed by atoms with E-state index in [0.29, 0.717) is 35.8 Å². The summed E-state index contributed by atoms with van der Waals surface area (Å²) < 4.78 is 9.95. The van der Waals surface area contributed by atoms with Gasteiger partial charge < -0.3 is 9.47 Å². The van der Waals surface area contributed by atoms with Gasteiger partial charge in [0.15, 0.2) is 5.78 Å². The van der Waals surface area contributed by atoms with Crippen LogP contribution in [0.15, 0.2) is 24.3 Å². The maximum atomic E-state index is 12.0. The molecule has 0 aliphatic heterocycles. The SMILES string of the molecule is CCOc1ccccc1C(=O)CSCCC(=O)OC. The molecule has 5 heteroatoms. The van der Waals surface area contributed by atoms with Crippen molar-refractivity contribution in [3.8, 4) is 5.75 Å². The van der Waals surface area contributed by atoms with Gasteiger partial charge in [-0.25, -0.2) is 0 Å². The first-order chi connectivity index (χ1) is 9.19. The predicted molar refractivity (Wildman–Crippen MR) is 75.9 cm³/mol.